The van der Waals surface area contributed by atoms with Gasteiger partial charge in [-0.05, 0) is 0 Å². The van der Waals surface area contributed by atoms with Crippen LogP contribution in [-0.2, 0) is 4.74 Å². The highest BCUT2D eigenvalue weighted by atomic mass is 16.5. The maximum Gasteiger partial charge on any atom is 0.0636 e. The molecule has 0 radical (unpaired) electrons. The van der Waals surface area contributed by atoms with Crippen LogP contribution in [-0.4, -0.2) is 25.3 Å². The van der Waals surface area contributed by atoms with Gasteiger partial charge < -0.3 is 10.1 Å². The van der Waals surface area contributed by atoms with E-state index in [1.165, 1.54) is 0 Å². The normalized spacial score (nSPS) is 52.0. The Hall–Kier alpha value is -0.0800. The molecule has 0 aliphatic carbocycles. The molecule has 0 amide bonds. The lowest BCUT2D eigenvalue weighted by Gasteiger charge is -1.88. The van der Waals surface area contributed by atoms with E-state index < -0.39 is 0 Å². The van der Waals surface area contributed by atoms with Crippen LogP contribution < -0.4 is 5.32 Å². The third kappa shape index (κ3) is 0.235. The van der Waals surface area contributed by atoms with Crippen molar-refractivity contribution in [2.24, 2.45) is 0 Å². The van der Waals surface area contributed by atoms with Gasteiger partial charge in [0.25, 0.3) is 0 Å². The minimum Gasteiger partial charge on any atom is -0.378 e. The van der Waals surface area contributed by atoms with Crippen LogP contribution in [0.2, 0.25) is 0 Å². The van der Waals surface area contributed by atoms with Crippen molar-refractivity contribution in [3.63, 3.8) is 0 Å². The minimum atomic E-state index is 0.741. The maximum atomic E-state index is 5.04. The number of nitrogens with one attached hydrogen (secondary N) is 1. The number of fused-ring (bicyclic) bond motifs is 1. The van der Waals surface area contributed by atoms with Gasteiger partial charge in [-0.15, -0.1) is 0 Å². The Bertz CT molecular complexity index is 65.9. The molecular weight excluding hydrogens is 78.0 g/mol. The predicted molar refractivity (Wildman–Crippen MR) is 21.5 cm³/mol. The average Bonchev–Trinajstić information content (AvgIpc) is 2.17. The first-order valence-corrected chi connectivity index (χ1v) is 2.30. The maximum absolute atomic E-state index is 5.04. The van der Waals surface area contributed by atoms with Gasteiger partial charge in [-0.25, -0.2) is 0 Å². The molecule has 2 heteroatoms. The summed E-state index contributed by atoms with van der Waals surface area (Å²) in [5.41, 5.74) is 0. The van der Waals surface area contributed by atoms with Crippen molar-refractivity contribution >= 4 is 0 Å². The fraction of sp³-hybridized carbons (Fsp3) is 1.00. The topological polar surface area (TPSA) is 31.2 Å². The summed E-state index contributed by atoms with van der Waals surface area (Å²) in [4.78, 5) is 0. The Labute approximate surface area is 36.5 Å². The number of morpholine rings is 1. The molecule has 0 aromatic carbocycles. The van der Waals surface area contributed by atoms with E-state index in [1.807, 2.05) is 0 Å². The molecule has 2 rings (SSSR count). The van der Waals surface area contributed by atoms with Gasteiger partial charge in [-0.2, -0.15) is 0 Å². The van der Waals surface area contributed by atoms with Crippen molar-refractivity contribution in [3.8, 4) is 0 Å². The number of hydrogen-bond acceptors (Lipinski definition) is 2. The summed E-state index contributed by atoms with van der Waals surface area (Å²) in [5.74, 6) is 0. The summed E-state index contributed by atoms with van der Waals surface area (Å²) in [5, 5.41) is 3.24. The van der Waals surface area contributed by atoms with E-state index in [9.17, 15) is 0 Å². The smallest absolute Gasteiger partial charge is 0.0636 e. The highest BCUT2D eigenvalue weighted by Gasteiger charge is 2.41. The molecule has 2 saturated heterocycles. The first-order chi connectivity index (χ1) is 2.97. The molecule has 0 saturated carbocycles. The molecule has 2 aliphatic heterocycles. The molecule has 1 N–H and O–H groups in total. The van der Waals surface area contributed by atoms with Crippen LogP contribution >= 0.6 is 0 Å². The number of rotatable bonds is 0. The third-order valence-electron chi connectivity index (χ3n) is 1.40. The molecule has 2 aliphatic rings. The largest absolute Gasteiger partial charge is 0.378 e. The zero-order chi connectivity index (χ0) is 3.98. The predicted octanol–water partition coefficient (Wildman–Crippen LogP) is -0.643. The van der Waals surface area contributed by atoms with Gasteiger partial charge in [0, 0.05) is 12.1 Å². The Morgan fingerprint density at radius 3 is 2.17 bits per heavy atom. The first kappa shape index (κ1) is 2.99. The van der Waals surface area contributed by atoms with Gasteiger partial charge in [0.05, 0.1) is 13.2 Å². The molecule has 2 atom stereocenters. The SMILES string of the molecule is C1OC[C@@H]2N[C@@H]12. The second-order valence-electron chi connectivity index (χ2n) is 1.92. The summed E-state index contributed by atoms with van der Waals surface area (Å²) in [6, 6.07) is 1.48. The monoisotopic (exact) mass is 85.1 g/mol. The number of ether oxygens (including phenoxy) is 1. The quantitative estimate of drug-likeness (QED) is 0.396. The average molecular weight is 85.1 g/mol. The van der Waals surface area contributed by atoms with Crippen LogP contribution in [0, 0.1) is 0 Å². The molecule has 2 fully saturated rings. The molecule has 0 spiro atoms. The fourth-order valence-corrected chi connectivity index (χ4v) is 0.870. The highest BCUT2D eigenvalue weighted by Crippen LogP contribution is 2.17. The van der Waals surface area contributed by atoms with Gasteiger partial charge >= 0.3 is 0 Å². The molecule has 0 unspecified atom stereocenters. The van der Waals surface area contributed by atoms with Crippen molar-refractivity contribution in [1.29, 1.82) is 0 Å². The van der Waals surface area contributed by atoms with Crippen molar-refractivity contribution < 1.29 is 4.74 Å². The summed E-state index contributed by atoms with van der Waals surface area (Å²) in [7, 11) is 0. The van der Waals surface area contributed by atoms with Gasteiger partial charge in [-0.1, -0.05) is 0 Å². The Morgan fingerprint density at radius 1 is 1.33 bits per heavy atom. The Morgan fingerprint density at radius 2 is 2.00 bits per heavy atom. The van der Waals surface area contributed by atoms with E-state index >= 15 is 0 Å². The van der Waals surface area contributed by atoms with E-state index in [0.717, 1.165) is 25.3 Å². The second kappa shape index (κ2) is 0.768. The van der Waals surface area contributed by atoms with E-state index in [0.29, 0.717) is 0 Å². The van der Waals surface area contributed by atoms with Crippen LogP contribution in [0.25, 0.3) is 0 Å². The molecule has 2 nitrogen and oxygen atoms in total. The summed E-state index contributed by atoms with van der Waals surface area (Å²) in [6.45, 7) is 1.90. The molecule has 6 heavy (non-hydrogen) atoms. The molecule has 34 valence electrons. The zero-order valence-corrected chi connectivity index (χ0v) is 3.48. The van der Waals surface area contributed by atoms with Crippen LogP contribution in [0.4, 0.5) is 0 Å². The molecule has 0 aromatic rings. The standard InChI is InChI=1S/C4H7NO/c1-3-4(5-3)2-6-1/h3-5H,1-2H2/t3-,4-/m0/s1. The van der Waals surface area contributed by atoms with Gasteiger partial charge in [0.2, 0.25) is 0 Å². The van der Waals surface area contributed by atoms with Crippen molar-refractivity contribution in [3.05, 3.63) is 0 Å². The van der Waals surface area contributed by atoms with Gasteiger partial charge in [0.15, 0.2) is 0 Å². The fourth-order valence-electron chi connectivity index (χ4n) is 0.870. The van der Waals surface area contributed by atoms with E-state index in [-0.39, 0.29) is 0 Å². The van der Waals surface area contributed by atoms with E-state index in [4.69, 9.17) is 4.74 Å². The van der Waals surface area contributed by atoms with E-state index in [1.54, 1.807) is 0 Å². The van der Waals surface area contributed by atoms with Crippen LogP contribution in [0.15, 0.2) is 0 Å². The van der Waals surface area contributed by atoms with E-state index in [2.05, 4.69) is 5.32 Å². The molecule has 0 aromatic heterocycles. The second-order valence-corrected chi connectivity index (χ2v) is 1.92. The van der Waals surface area contributed by atoms with Crippen molar-refractivity contribution in [1.82, 2.24) is 5.32 Å². The third-order valence-corrected chi connectivity index (χ3v) is 1.40. The molecular formula is C4H7NO. The van der Waals surface area contributed by atoms with Gasteiger partial charge in [0.1, 0.15) is 0 Å². The lowest BCUT2D eigenvalue weighted by atomic mass is 10.4. The first-order valence-electron chi connectivity index (χ1n) is 2.30. The van der Waals surface area contributed by atoms with Crippen LogP contribution in [0.1, 0.15) is 0 Å². The highest BCUT2D eigenvalue weighted by molar-refractivity contribution is 5.01. The summed E-state index contributed by atoms with van der Waals surface area (Å²) in [6.07, 6.45) is 0. The molecule has 2 heterocycles. The Kier molecular flexibility index (Phi) is 0.383. The summed E-state index contributed by atoms with van der Waals surface area (Å²) >= 11 is 0. The van der Waals surface area contributed by atoms with Crippen LogP contribution in [0.5, 0.6) is 0 Å². The summed E-state index contributed by atoms with van der Waals surface area (Å²) < 4.78 is 5.04. The van der Waals surface area contributed by atoms with Crippen molar-refractivity contribution in [2.45, 2.75) is 12.1 Å². The lowest BCUT2D eigenvalue weighted by molar-refractivity contribution is 0.172. The van der Waals surface area contributed by atoms with Crippen molar-refractivity contribution in [2.75, 3.05) is 13.2 Å². The van der Waals surface area contributed by atoms with Gasteiger partial charge in [-0.3, -0.25) is 0 Å². The minimum absolute atomic E-state index is 0.741. The molecule has 0 bridgehead atoms. The van der Waals surface area contributed by atoms with Crippen LogP contribution in [0.3, 0.4) is 0 Å². The lowest BCUT2D eigenvalue weighted by Crippen LogP contribution is -2.01. The number of hydrogen-bond donors (Lipinski definition) is 1. The zero-order valence-electron chi connectivity index (χ0n) is 3.48. The Balaban J connectivity index is 2.09.